The number of hydrogen-bond acceptors (Lipinski definition) is 3. The van der Waals surface area contributed by atoms with E-state index in [4.69, 9.17) is 4.52 Å². The van der Waals surface area contributed by atoms with Crippen molar-refractivity contribution in [2.24, 2.45) is 0 Å². The first-order valence-corrected chi connectivity index (χ1v) is 8.35. The second kappa shape index (κ2) is 7.03. The van der Waals surface area contributed by atoms with Crippen LogP contribution < -0.4 is 5.32 Å². The van der Waals surface area contributed by atoms with E-state index in [1.54, 1.807) is 23.1 Å². The average Bonchev–Trinajstić information content (AvgIpc) is 3.30. The van der Waals surface area contributed by atoms with E-state index in [1.807, 2.05) is 19.9 Å². The number of amides is 2. The number of benzene rings is 1. The molecule has 1 aromatic heterocycles. The van der Waals surface area contributed by atoms with Gasteiger partial charge in [-0.2, -0.15) is 0 Å². The Labute approximate surface area is 140 Å². The molecule has 1 atom stereocenters. The normalized spacial score (nSPS) is 15.1. The molecule has 6 heteroatoms. The Morgan fingerprint density at radius 2 is 2.21 bits per heavy atom. The van der Waals surface area contributed by atoms with Crippen LogP contribution >= 0.6 is 0 Å². The number of hydrogen-bond donors (Lipinski definition) is 1. The molecule has 0 aliphatic heterocycles. The van der Waals surface area contributed by atoms with Gasteiger partial charge < -0.3 is 14.7 Å². The van der Waals surface area contributed by atoms with Crippen LogP contribution in [0.25, 0.3) is 0 Å². The maximum atomic E-state index is 14.1. The summed E-state index contributed by atoms with van der Waals surface area (Å²) in [5.41, 5.74) is 1.39. The second-order valence-electron chi connectivity index (χ2n) is 6.13. The van der Waals surface area contributed by atoms with Crippen LogP contribution in [-0.2, 0) is 13.0 Å². The lowest BCUT2D eigenvalue weighted by molar-refractivity contribution is 0.172. The molecule has 1 N–H and O–H groups in total. The van der Waals surface area contributed by atoms with Gasteiger partial charge in [-0.3, -0.25) is 0 Å². The van der Waals surface area contributed by atoms with E-state index in [1.165, 1.54) is 6.07 Å². The predicted molar refractivity (Wildman–Crippen MR) is 87.8 cm³/mol. The molecule has 1 saturated carbocycles. The molecule has 1 heterocycles. The van der Waals surface area contributed by atoms with Gasteiger partial charge in [0.1, 0.15) is 5.82 Å². The number of aryl methyl sites for hydroxylation is 1. The molecule has 5 nitrogen and oxygen atoms in total. The molecule has 128 valence electrons. The van der Waals surface area contributed by atoms with Crippen molar-refractivity contribution in [1.29, 1.82) is 0 Å². The van der Waals surface area contributed by atoms with Crippen molar-refractivity contribution in [3.05, 3.63) is 53.2 Å². The Balaban J connectivity index is 1.68. The molecule has 1 aliphatic rings. The topological polar surface area (TPSA) is 58.4 Å². The zero-order valence-corrected chi connectivity index (χ0v) is 14.0. The fourth-order valence-electron chi connectivity index (χ4n) is 2.83. The van der Waals surface area contributed by atoms with Gasteiger partial charge in [0.2, 0.25) is 0 Å². The maximum Gasteiger partial charge on any atom is 0.318 e. The van der Waals surface area contributed by atoms with Crippen LogP contribution in [0.2, 0.25) is 0 Å². The lowest BCUT2D eigenvalue weighted by atomic mass is 10.1. The minimum atomic E-state index is -0.320. The van der Waals surface area contributed by atoms with E-state index in [0.29, 0.717) is 11.3 Å². The van der Waals surface area contributed by atoms with Crippen molar-refractivity contribution < 1.29 is 13.7 Å². The van der Waals surface area contributed by atoms with Gasteiger partial charge in [-0.1, -0.05) is 30.3 Å². The predicted octanol–water partition coefficient (Wildman–Crippen LogP) is 3.81. The van der Waals surface area contributed by atoms with E-state index in [2.05, 4.69) is 10.5 Å². The summed E-state index contributed by atoms with van der Waals surface area (Å²) in [7, 11) is 0. The Morgan fingerprint density at radius 3 is 2.83 bits per heavy atom. The number of rotatable bonds is 6. The van der Waals surface area contributed by atoms with Crippen LogP contribution in [0, 0.1) is 5.82 Å². The minimum absolute atomic E-state index is 0.167. The van der Waals surface area contributed by atoms with Gasteiger partial charge >= 0.3 is 6.03 Å². The molecule has 0 unspecified atom stereocenters. The van der Waals surface area contributed by atoms with Gasteiger partial charge in [0, 0.05) is 17.7 Å². The van der Waals surface area contributed by atoms with Crippen LogP contribution in [0.1, 0.15) is 49.7 Å². The number of nitrogens with zero attached hydrogens (tertiary/aromatic N) is 2. The lowest BCUT2D eigenvalue weighted by Crippen LogP contribution is -2.42. The third-order valence-electron chi connectivity index (χ3n) is 4.33. The molecular formula is C18H22FN3O2. The largest absolute Gasteiger partial charge is 0.359 e. The molecule has 3 rings (SSSR count). The quantitative estimate of drug-likeness (QED) is 0.875. The molecule has 0 spiro atoms. The highest BCUT2D eigenvalue weighted by atomic mass is 19.1. The Morgan fingerprint density at radius 1 is 1.46 bits per heavy atom. The number of carbonyl (C=O) groups is 1. The smallest absolute Gasteiger partial charge is 0.318 e. The third kappa shape index (κ3) is 3.58. The molecule has 2 aromatic rings. The zero-order valence-electron chi connectivity index (χ0n) is 14.0. The summed E-state index contributed by atoms with van der Waals surface area (Å²) in [4.78, 5) is 14.4. The first-order chi connectivity index (χ1) is 11.6. The van der Waals surface area contributed by atoms with Gasteiger partial charge in [0.15, 0.2) is 5.76 Å². The van der Waals surface area contributed by atoms with E-state index in [0.717, 1.165) is 25.0 Å². The zero-order chi connectivity index (χ0) is 17.1. The fourth-order valence-corrected chi connectivity index (χ4v) is 2.83. The van der Waals surface area contributed by atoms with Gasteiger partial charge in [0.25, 0.3) is 0 Å². The van der Waals surface area contributed by atoms with Crippen molar-refractivity contribution in [3.63, 3.8) is 0 Å². The summed E-state index contributed by atoms with van der Waals surface area (Å²) in [5, 5.41) is 6.77. The Bertz CT molecular complexity index is 712. The molecular weight excluding hydrogens is 309 g/mol. The maximum absolute atomic E-state index is 14.1. The van der Waals surface area contributed by atoms with E-state index >= 15 is 0 Å². The highest BCUT2D eigenvalue weighted by Crippen LogP contribution is 2.35. The summed E-state index contributed by atoms with van der Waals surface area (Å²) in [6.07, 6.45) is 2.69. The first-order valence-electron chi connectivity index (χ1n) is 8.35. The summed E-state index contributed by atoms with van der Waals surface area (Å²) in [6.45, 7) is 4.13. The van der Waals surface area contributed by atoms with Crippen molar-refractivity contribution in [1.82, 2.24) is 15.4 Å². The number of aromatic nitrogens is 1. The van der Waals surface area contributed by atoms with Crippen molar-refractivity contribution in [2.45, 2.75) is 51.7 Å². The van der Waals surface area contributed by atoms with E-state index in [9.17, 15) is 9.18 Å². The Kier molecular flexibility index (Phi) is 4.83. The van der Waals surface area contributed by atoms with Crippen molar-refractivity contribution in [3.8, 4) is 0 Å². The standard InChI is InChI=1S/C18H22FN3O2/c1-3-13-10-15(24-21-13)11-20-18(23)22(14-8-9-14)12(2)16-6-4-5-7-17(16)19/h4-7,10,12,14H,3,8-9,11H2,1-2H3,(H,20,23)/t12-/m1/s1. The lowest BCUT2D eigenvalue weighted by Gasteiger charge is -2.30. The third-order valence-corrected chi connectivity index (χ3v) is 4.33. The number of nitrogens with one attached hydrogen (secondary N) is 1. The van der Waals surface area contributed by atoms with Gasteiger partial charge in [-0.15, -0.1) is 0 Å². The monoisotopic (exact) mass is 331 g/mol. The molecule has 0 radical (unpaired) electrons. The van der Waals surface area contributed by atoms with Crippen LogP contribution in [0.4, 0.5) is 9.18 Å². The second-order valence-corrected chi connectivity index (χ2v) is 6.13. The first kappa shape index (κ1) is 16.5. The van der Waals surface area contributed by atoms with E-state index < -0.39 is 0 Å². The van der Waals surface area contributed by atoms with Crippen molar-refractivity contribution >= 4 is 6.03 Å². The molecule has 0 bridgehead atoms. The van der Waals surface area contributed by atoms with Gasteiger partial charge in [-0.25, -0.2) is 9.18 Å². The minimum Gasteiger partial charge on any atom is -0.359 e. The van der Waals surface area contributed by atoms with Crippen LogP contribution in [0.5, 0.6) is 0 Å². The molecule has 2 amide bonds. The number of halogens is 1. The van der Waals surface area contributed by atoms with Gasteiger partial charge in [0.05, 0.1) is 18.3 Å². The Hall–Kier alpha value is -2.37. The molecule has 1 aromatic carbocycles. The van der Waals surface area contributed by atoms with Crippen LogP contribution in [0.15, 0.2) is 34.9 Å². The molecule has 24 heavy (non-hydrogen) atoms. The average molecular weight is 331 g/mol. The molecule has 1 aliphatic carbocycles. The van der Waals surface area contributed by atoms with Crippen molar-refractivity contribution in [2.75, 3.05) is 0 Å². The van der Waals surface area contributed by atoms with E-state index in [-0.39, 0.29) is 30.5 Å². The molecule has 1 fully saturated rings. The SMILES string of the molecule is CCc1cc(CNC(=O)N(C2CC2)[C@H](C)c2ccccc2F)on1. The van der Waals surface area contributed by atoms with Gasteiger partial charge in [-0.05, 0) is 32.3 Å². The number of urea groups is 1. The fraction of sp³-hybridized carbons (Fsp3) is 0.444. The highest BCUT2D eigenvalue weighted by Gasteiger charge is 2.37. The highest BCUT2D eigenvalue weighted by molar-refractivity contribution is 5.75. The summed E-state index contributed by atoms with van der Waals surface area (Å²) < 4.78 is 19.2. The molecule has 0 saturated heterocycles. The summed E-state index contributed by atoms with van der Waals surface area (Å²) >= 11 is 0. The summed E-state index contributed by atoms with van der Waals surface area (Å²) in [6, 6.07) is 8.08. The summed E-state index contributed by atoms with van der Waals surface area (Å²) in [5.74, 6) is 0.334. The van der Waals surface area contributed by atoms with Crippen LogP contribution in [0.3, 0.4) is 0 Å². The van der Waals surface area contributed by atoms with Crippen LogP contribution in [-0.4, -0.2) is 22.1 Å². The number of carbonyl (C=O) groups excluding carboxylic acids is 1.